The number of anilines is 1. The standard InChI is InChI=1S/C23H29Cl2N3O4S/c1-5-16(2)26-23(30)17(3)27(14-18-7-6-8-20(25)13-18)22(29)15-28(33(4,31)32)21-11-9-19(24)10-12-21/h6-13,16-17H,5,14-15H2,1-4H3,(H,26,30)/t16-,17-/m1/s1. The maximum atomic E-state index is 13.4. The third-order valence-electron chi connectivity index (χ3n) is 5.20. The van der Waals surface area contributed by atoms with E-state index < -0.39 is 28.5 Å². The molecule has 0 aliphatic heterocycles. The summed E-state index contributed by atoms with van der Waals surface area (Å²) in [5.41, 5.74) is 1.02. The third kappa shape index (κ3) is 7.91. The molecule has 0 saturated heterocycles. The maximum absolute atomic E-state index is 13.4. The van der Waals surface area contributed by atoms with Crippen LogP contribution in [-0.2, 0) is 26.2 Å². The van der Waals surface area contributed by atoms with E-state index >= 15 is 0 Å². The van der Waals surface area contributed by atoms with Gasteiger partial charge in [0.2, 0.25) is 21.8 Å². The van der Waals surface area contributed by atoms with Gasteiger partial charge in [0.1, 0.15) is 12.6 Å². The number of hydrogen-bond donors (Lipinski definition) is 1. The fraction of sp³-hybridized carbons (Fsp3) is 0.391. The molecule has 0 aliphatic rings. The zero-order valence-corrected chi connectivity index (χ0v) is 21.4. The van der Waals surface area contributed by atoms with Crippen LogP contribution in [0.5, 0.6) is 0 Å². The van der Waals surface area contributed by atoms with E-state index in [1.165, 1.54) is 17.0 Å². The molecule has 2 rings (SSSR count). The van der Waals surface area contributed by atoms with Crippen molar-refractivity contribution < 1.29 is 18.0 Å². The molecule has 0 heterocycles. The Labute approximate surface area is 205 Å². The van der Waals surface area contributed by atoms with Crippen LogP contribution in [0.15, 0.2) is 48.5 Å². The molecule has 180 valence electrons. The van der Waals surface area contributed by atoms with Gasteiger partial charge in [0.25, 0.3) is 0 Å². The Morgan fingerprint density at radius 2 is 1.67 bits per heavy atom. The highest BCUT2D eigenvalue weighted by Gasteiger charge is 2.30. The summed E-state index contributed by atoms with van der Waals surface area (Å²) in [5.74, 6) is -0.848. The molecule has 0 spiro atoms. The summed E-state index contributed by atoms with van der Waals surface area (Å²) in [7, 11) is -3.79. The van der Waals surface area contributed by atoms with Crippen molar-refractivity contribution in [3.8, 4) is 0 Å². The van der Waals surface area contributed by atoms with Gasteiger partial charge in [-0.3, -0.25) is 13.9 Å². The molecule has 1 N–H and O–H groups in total. The van der Waals surface area contributed by atoms with Crippen LogP contribution in [0.3, 0.4) is 0 Å². The summed E-state index contributed by atoms with van der Waals surface area (Å²) >= 11 is 12.0. The monoisotopic (exact) mass is 513 g/mol. The lowest BCUT2D eigenvalue weighted by Gasteiger charge is -2.32. The lowest BCUT2D eigenvalue weighted by atomic mass is 10.1. The zero-order chi connectivity index (χ0) is 24.8. The maximum Gasteiger partial charge on any atom is 0.244 e. The Bertz CT molecular complexity index is 1080. The molecule has 2 amide bonds. The van der Waals surface area contributed by atoms with Gasteiger partial charge in [-0.1, -0.05) is 42.3 Å². The lowest BCUT2D eigenvalue weighted by molar-refractivity contribution is -0.139. The van der Waals surface area contributed by atoms with Crippen molar-refractivity contribution in [1.29, 1.82) is 0 Å². The molecule has 0 fully saturated rings. The van der Waals surface area contributed by atoms with Crippen molar-refractivity contribution in [1.82, 2.24) is 10.2 Å². The largest absolute Gasteiger partial charge is 0.352 e. The summed E-state index contributed by atoms with van der Waals surface area (Å²) in [4.78, 5) is 27.6. The number of nitrogens with zero attached hydrogens (tertiary/aromatic N) is 2. The Hall–Kier alpha value is -2.29. The van der Waals surface area contributed by atoms with Crippen LogP contribution in [-0.4, -0.2) is 50.0 Å². The number of rotatable bonds is 10. The topological polar surface area (TPSA) is 86.8 Å². The van der Waals surface area contributed by atoms with Gasteiger partial charge in [-0.25, -0.2) is 8.42 Å². The van der Waals surface area contributed by atoms with Gasteiger partial charge in [0, 0.05) is 22.6 Å². The second kappa shape index (κ2) is 11.7. The smallest absolute Gasteiger partial charge is 0.244 e. The highest BCUT2D eigenvalue weighted by atomic mass is 35.5. The molecule has 0 unspecified atom stereocenters. The summed E-state index contributed by atoms with van der Waals surface area (Å²) in [5, 5.41) is 3.81. The molecule has 33 heavy (non-hydrogen) atoms. The van der Waals surface area contributed by atoms with Crippen molar-refractivity contribution in [2.24, 2.45) is 0 Å². The minimum atomic E-state index is -3.79. The highest BCUT2D eigenvalue weighted by molar-refractivity contribution is 7.92. The number of nitrogens with one attached hydrogen (secondary N) is 1. The first-order chi connectivity index (χ1) is 15.4. The van der Waals surface area contributed by atoms with Gasteiger partial charge < -0.3 is 10.2 Å². The van der Waals surface area contributed by atoms with Crippen LogP contribution in [0.2, 0.25) is 10.0 Å². The van der Waals surface area contributed by atoms with Crippen LogP contribution >= 0.6 is 23.2 Å². The van der Waals surface area contributed by atoms with Crippen molar-refractivity contribution in [2.45, 2.75) is 45.8 Å². The molecular formula is C23H29Cl2N3O4S. The van der Waals surface area contributed by atoms with Crippen molar-refractivity contribution >= 4 is 50.7 Å². The predicted molar refractivity (Wildman–Crippen MR) is 133 cm³/mol. The first-order valence-electron chi connectivity index (χ1n) is 10.5. The summed E-state index contributed by atoms with van der Waals surface area (Å²) in [6.07, 6.45) is 1.76. The summed E-state index contributed by atoms with van der Waals surface area (Å²) in [6.45, 7) is 5.06. The molecule has 0 radical (unpaired) electrons. The van der Waals surface area contributed by atoms with Gasteiger partial charge in [-0.05, 0) is 62.2 Å². The fourth-order valence-corrected chi connectivity index (χ4v) is 4.29. The minimum absolute atomic E-state index is 0.0651. The molecule has 0 aliphatic carbocycles. The van der Waals surface area contributed by atoms with E-state index in [1.54, 1.807) is 43.3 Å². The van der Waals surface area contributed by atoms with Crippen LogP contribution in [0, 0.1) is 0 Å². The van der Waals surface area contributed by atoms with Gasteiger partial charge in [0.05, 0.1) is 11.9 Å². The molecule has 7 nitrogen and oxygen atoms in total. The summed E-state index contributed by atoms with van der Waals surface area (Å²) < 4.78 is 26.0. The second-order valence-corrected chi connectivity index (χ2v) is 10.7. The second-order valence-electron chi connectivity index (χ2n) is 7.89. The van der Waals surface area contributed by atoms with Gasteiger partial charge in [-0.2, -0.15) is 0 Å². The van der Waals surface area contributed by atoms with Crippen molar-refractivity contribution in [2.75, 3.05) is 17.1 Å². The van der Waals surface area contributed by atoms with E-state index in [2.05, 4.69) is 5.32 Å². The molecule has 0 saturated carbocycles. The van der Waals surface area contributed by atoms with E-state index in [4.69, 9.17) is 23.2 Å². The van der Waals surface area contributed by atoms with Crippen molar-refractivity contribution in [3.05, 3.63) is 64.1 Å². The fourth-order valence-electron chi connectivity index (χ4n) is 3.10. The molecule has 10 heteroatoms. The average molecular weight is 514 g/mol. The number of carbonyl (C=O) groups excluding carboxylic acids is 2. The Morgan fingerprint density at radius 3 is 2.21 bits per heavy atom. The van der Waals surface area contributed by atoms with Gasteiger partial charge >= 0.3 is 0 Å². The SMILES string of the molecule is CC[C@@H](C)NC(=O)[C@@H](C)N(Cc1cccc(Cl)c1)C(=O)CN(c1ccc(Cl)cc1)S(C)(=O)=O. The third-order valence-corrected chi connectivity index (χ3v) is 6.83. The lowest BCUT2D eigenvalue weighted by Crippen LogP contribution is -2.52. The van der Waals surface area contributed by atoms with Crippen LogP contribution in [0.1, 0.15) is 32.8 Å². The number of amides is 2. The van der Waals surface area contributed by atoms with E-state index in [-0.39, 0.29) is 18.5 Å². The van der Waals surface area contributed by atoms with E-state index in [1.807, 2.05) is 13.8 Å². The average Bonchev–Trinajstić information content (AvgIpc) is 2.75. The van der Waals surface area contributed by atoms with Crippen LogP contribution in [0.4, 0.5) is 5.69 Å². The van der Waals surface area contributed by atoms with Crippen LogP contribution < -0.4 is 9.62 Å². The molecule has 2 aromatic rings. The molecule has 2 atom stereocenters. The van der Waals surface area contributed by atoms with Crippen molar-refractivity contribution in [3.63, 3.8) is 0 Å². The minimum Gasteiger partial charge on any atom is -0.352 e. The zero-order valence-electron chi connectivity index (χ0n) is 19.1. The number of halogens is 2. The number of hydrogen-bond acceptors (Lipinski definition) is 4. The summed E-state index contributed by atoms with van der Waals surface area (Å²) in [6, 6.07) is 12.2. The normalized spacial score (nSPS) is 13.2. The molecule has 0 bridgehead atoms. The highest BCUT2D eigenvalue weighted by Crippen LogP contribution is 2.22. The quantitative estimate of drug-likeness (QED) is 0.518. The van der Waals surface area contributed by atoms with E-state index in [0.717, 1.165) is 22.5 Å². The number of carbonyl (C=O) groups is 2. The van der Waals surface area contributed by atoms with Gasteiger partial charge in [-0.15, -0.1) is 0 Å². The first-order valence-corrected chi connectivity index (χ1v) is 13.1. The Kier molecular flexibility index (Phi) is 9.57. The molecular weight excluding hydrogens is 485 g/mol. The number of benzene rings is 2. The Balaban J connectivity index is 2.37. The molecule has 2 aromatic carbocycles. The van der Waals surface area contributed by atoms with E-state index in [9.17, 15) is 18.0 Å². The van der Waals surface area contributed by atoms with E-state index in [0.29, 0.717) is 15.7 Å². The predicted octanol–water partition coefficient (Wildman–Crippen LogP) is 4.09. The Morgan fingerprint density at radius 1 is 1.03 bits per heavy atom. The molecule has 0 aromatic heterocycles. The van der Waals surface area contributed by atoms with Gasteiger partial charge in [0.15, 0.2) is 0 Å². The van der Waals surface area contributed by atoms with Crippen LogP contribution in [0.25, 0.3) is 0 Å². The first kappa shape index (κ1) is 27.0. The number of sulfonamides is 1.